The molecule has 2 N–H and O–H groups in total. The van der Waals surface area contributed by atoms with Crippen molar-refractivity contribution in [2.75, 3.05) is 26.0 Å². The lowest BCUT2D eigenvalue weighted by Gasteiger charge is -2.06. The number of carbonyl (C=O) groups excluding carboxylic acids is 1. The fourth-order valence-corrected chi connectivity index (χ4v) is 2.58. The maximum atomic E-state index is 11.6. The van der Waals surface area contributed by atoms with Gasteiger partial charge in [-0.3, -0.25) is 4.79 Å². The molecule has 0 bridgehead atoms. The van der Waals surface area contributed by atoms with E-state index < -0.39 is 5.97 Å². The molecule has 1 rings (SSSR count). The summed E-state index contributed by atoms with van der Waals surface area (Å²) in [5.74, 6) is -0.817. The Morgan fingerprint density at radius 3 is 2.85 bits per heavy atom. The Hall–Kier alpha value is -1.05. The highest BCUT2D eigenvalue weighted by Gasteiger charge is 2.10. The van der Waals surface area contributed by atoms with E-state index >= 15 is 0 Å². The molecule has 5 nitrogen and oxygen atoms in total. The summed E-state index contributed by atoms with van der Waals surface area (Å²) in [5, 5.41) is 11.8. The van der Waals surface area contributed by atoms with Crippen LogP contribution in [0, 0.1) is 0 Å². The second kappa shape index (κ2) is 8.99. The molecule has 110 valence electrons. The Balaban J connectivity index is 2.43. The first kappa shape index (κ1) is 17.0. The number of carbonyl (C=O) groups is 2. The van der Waals surface area contributed by atoms with E-state index in [4.69, 9.17) is 9.84 Å². The Bertz CT molecular complexity index is 481. The number of carboxylic acid groups (broad SMARTS) is 1. The Labute approximate surface area is 130 Å². The highest BCUT2D eigenvalue weighted by Crippen LogP contribution is 2.24. The normalized spacial score (nSPS) is 10.3. The van der Waals surface area contributed by atoms with E-state index in [1.54, 1.807) is 25.3 Å². The molecule has 0 radical (unpaired) electrons. The van der Waals surface area contributed by atoms with Crippen molar-refractivity contribution in [3.05, 3.63) is 28.2 Å². The zero-order chi connectivity index (χ0) is 15.0. The molecule has 0 aromatic heterocycles. The van der Waals surface area contributed by atoms with Crippen molar-refractivity contribution in [2.45, 2.75) is 11.3 Å². The third-order valence-corrected chi connectivity index (χ3v) is 4.07. The Kier molecular flexibility index (Phi) is 7.64. The number of benzene rings is 1. The van der Waals surface area contributed by atoms with Crippen LogP contribution >= 0.6 is 27.7 Å². The van der Waals surface area contributed by atoms with Gasteiger partial charge in [-0.05, 0) is 40.5 Å². The molecule has 0 aliphatic heterocycles. The van der Waals surface area contributed by atoms with E-state index in [0.717, 1.165) is 11.3 Å². The molecule has 0 aliphatic rings. The first-order valence-electron chi connectivity index (χ1n) is 5.96. The number of methoxy groups -OCH3 is 1. The van der Waals surface area contributed by atoms with Gasteiger partial charge < -0.3 is 15.2 Å². The predicted molar refractivity (Wildman–Crippen MR) is 81.3 cm³/mol. The number of carboxylic acids is 1. The molecule has 1 aromatic carbocycles. The van der Waals surface area contributed by atoms with Gasteiger partial charge in [-0.2, -0.15) is 0 Å². The van der Waals surface area contributed by atoms with Crippen molar-refractivity contribution in [3.8, 4) is 0 Å². The van der Waals surface area contributed by atoms with Gasteiger partial charge in [0.2, 0.25) is 5.91 Å². The van der Waals surface area contributed by atoms with Crippen LogP contribution in [0.1, 0.15) is 16.8 Å². The molecular weight excluding hydrogens is 346 g/mol. The monoisotopic (exact) mass is 361 g/mol. The van der Waals surface area contributed by atoms with Gasteiger partial charge in [0.1, 0.15) is 0 Å². The van der Waals surface area contributed by atoms with Crippen molar-refractivity contribution in [2.24, 2.45) is 0 Å². The molecule has 1 aromatic rings. The van der Waals surface area contributed by atoms with Gasteiger partial charge in [0.15, 0.2) is 0 Å². The Morgan fingerprint density at radius 1 is 1.45 bits per heavy atom. The number of aromatic carboxylic acids is 1. The molecular formula is C13H16BrNO4S. The summed E-state index contributed by atoms with van der Waals surface area (Å²) in [7, 11) is 1.62. The van der Waals surface area contributed by atoms with Gasteiger partial charge in [-0.15, -0.1) is 11.8 Å². The van der Waals surface area contributed by atoms with Crippen LogP contribution < -0.4 is 5.32 Å². The highest BCUT2D eigenvalue weighted by atomic mass is 79.9. The van der Waals surface area contributed by atoms with E-state index in [-0.39, 0.29) is 17.2 Å². The van der Waals surface area contributed by atoms with E-state index in [0.29, 0.717) is 17.6 Å². The molecule has 0 heterocycles. The molecule has 0 saturated heterocycles. The minimum Gasteiger partial charge on any atom is -0.478 e. The zero-order valence-electron chi connectivity index (χ0n) is 11.0. The van der Waals surface area contributed by atoms with Crippen LogP contribution in [0.25, 0.3) is 0 Å². The van der Waals surface area contributed by atoms with Gasteiger partial charge in [0, 0.05) is 29.6 Å². The largest absolute Gasteiger partial charge is 0.478 e. The topological polar surface area (TPSA) is 75.6 Å². The first-order chi connectivity index (χ1) is 9.54. The average molecular weight is 362 g/mol. The molecule has 1 amide bonds. The summed E-state index contributed by atoms with van der Waals surface area (Å²) in [6, 6.07) is 5.00. The molecule has 0 unspecified atom stereocenters. The molecule has 0 saturated carbocycles. The smallest absolute Gasteiger partial charge is 0.336 e. The number of rotatable bonds is 8. The van der Waals surface area contributed by atoms with Crippen molar-refractivity contribution in [1.82, 2.24) is 5.32 Å². The van der Waals surface area contributed by atoms with Crippen molar-refractivity contribution >= 4 is 39.6 Å². The number of hydrogen-bond donors (Lipinski definition) is 2. The van der Waals surface area contributed by atoms with Gasteiger partial charge >= 0.3 is 5.97 Å². The third kappa shape index (κ3) is 5.94. The highest BCUT2D eigenvalue weighted by molar-refractivity contribution is 9.10. The summed E-state index contributed by atoms with van der Waals surface area (Å²) >= 11 is 4.48. The Morgan fingerprint density at radius 2 is 2.20 bits per heavy atom. The number of halogens is 1. The summed E-state index contributed by atoms with van der Waals surface area (Å²) in [4.78, 5) is 23.3. The average Bonchev–Trinajstić information content (AvgIpc) is 2.42. The lowest BCUT2D eigenvalue weighted by Crippen LogP contribution is -2.26. The molecule has 0 spiro atoms. The second-order valence-electron chi connectivity index (χ2n) is 3.93. The molecule has 7 heteroatoms. The van der Waals surface area contributed by atoms with E-state index in [9.17, 15) is 9.59 Å². The molecule has 0 atom stereocenters. The van der Waals surface area contributed by atoms with Crippen LogP contribution in [0.4, 0.5) is 0 Å². The fraction of sp³-hybridized carbons (Fsp3) is 0.385. The van der Waals surface area contributed by atoms with Gasteiger partial charge in [-0.1, -0.05) is 0 Å². The predicted octanol–water partition coefficient (Wildman–Crippen LogP) is 2.39. The minimum atomic E-state index is -0.997. The first-order valence-corrected chi connectivity index (χ1v) is 7.73. The molecule has 20 heavy (non-hydrogen) atoms. The molecule has 0 fully saturated rings. The van der Waals surface area contributed by atoms with Gasteiger partial charge in [0.05, 0.1) is 11.3 Å². The number of amides is 1. The van der Waals surface area contributed by atoms with E-state index in [1.165, 1.54) is 11.8 Å². The quantitative estimate of drug-likeness (QED) is 0.549. The maximum Gasteiger partial charge on any atom is 0.336 e. The van der Waals surface area contributed by atoms with Gasteiger partial charge in [-0.25, -0.2) is 4.79 Å². The van der Waals surface area contributed by atoms with Crippen molar-refractivity contribution in [3.63, 3.8) is 0 Å². The van der Waals surface area contributed by atoms with Crippen molar-refractivity contribution < 1.29 is 19.4 Å². The van der Waals surface area contributed by atoms with Crippen LogP contribution in [-0.2, 0) is 9.53 Å². The number of hydrogen-bond acceptors (Lipinski definition) is 4. The lowest BCUT2D eigenvalue weighted by molar-refractivity contribution is -0.118. The standard InChI is InChI=1S/C13H16BrNO4S/c1-19-6-2-5-15-12(16)8-20-9-3-4-11(14)10(7-9)13(17)18/h3-4,7H,2,5-6,8H2,1H3,(H,15,16)(H,17,18). The van der Waals surface area contributed by atoms with Crippen molar-refractivity contribution in [1.29, 1.82) is 0 Å². The fourth-order valence-electron chi connectivity index (χ4n) is 1.40. The lowest BCUT2D eigenvalue weighted by atomic mass is 10.2. The third-order valence-electron chi connectivity index (χ3n) is 2.39. The number of nitrogens with one attached hydrogen (secondary N) is 1. The molecule has 0 aliphatic carbocycles. The number of ether oxygens (including phenoxy) is 1. The van der Waals surface area contributed by atoms with E-state index in [1.807, 2.05) is 0 Å². The van der Waals surface area contributed by atoms with Crippen LogP contribution in [0.15, 0.2) is 27.6 Å². The second-order valence-corrected chi connectivity index (χ2v) is 5.83. The summed E-state index contributed by atoms with van der Waals surface area (Å²) in [5.41, 5.74) is 0.190. The summed E-state index contributed by atoms with van der Waals surface area (Å²) in [6.45, 7) is 1.19. The SMILES string of the molecule is COCCCNC(=O)CSc1ccc(Br)c(C(=O)O)c1. The van der Waals surface area contributed by atoms with Crippen LogP contribution in [-0.4, -0.2) is 43.0 Å². The van der Waals surface area contributed by atoms with Crippen LogP contribution in [0.5, 0.6) is 0 Å². The zero-order valence-corrected chi connectivity index (χ0v) is 13.4. The minimum absolute atomic E-state index is 0.0779. The summed E-state index contributed by atoms with van der Waals surface area (Å²) < 4.78 is 5.41. The number of thioether (sulfide) groups is 1. The van der Waals surface area contributed by atoms with Gasteiger partial charge in [0.25, 0.3) is 0 Å². The van der Waals surface area contributed by atoms with Crippen LogP contribution in [0.2, 0.25) is 0 Å². The maximum absolute atomic E-state index is 11.6. The van der Waals surface area contributed by atoms with Crippen LogP contribution in [0.3, 0.4) is 0 Å². The van der Waals surface area contributed by atoms with E-state index in [2.05, 4.69) is 21.2 Å². The summed E-state index contributed by atoms with van der Waals surface area (Å²) in [6.07, 6.45) is 0.772.